The highest BCUT2D eigenvalue weighted by atomic mass is 127. The first-order valence-corrected chi connectivity index (χ1v) is 15.2. The van der Waals surface area contributed by atoms with Crippen LogP contribution >= 0.6 is 34.4 Å². The molecule has 0 radical (unpaired) electrons. The predicted molar refractivity (Wildman–Crippen MR) is 180 cm³/mol. The number of carbonyl (C=O) groups excluding carboxylic acids is 3. The van der Waals surface area contributed by atoms with Crippen molar-refractivity contribution in [3.8, 4) is 11.5 Å². The molecular formula is C33H30IN3O5S. The molecule has 220 valence electrons. The van der Waals surface area contributed by atoms with Crippen LogP contribution in [0.15, 0.2) is 108 Å². The van der Waals surface area contributed by atoms with Crippen LogP contribution in [0.1, 0.15) is 22.8 Å². The summed E-state index contributed by atoms with van der Waals surface area (Å²) in [5.41, 5.74) is 2.29. The molecular weight excluding hydrogens is 677 g/mol. The Balaban J connectivity index is 1.52. The molecule has 3 N–H and O–H groups in total. The SMILES string of the molecule is COc1ccc(/C=C(/NC(=O)c2ccccc2)C(=O)Nc2cccc(SC(C)C(=O)Nc3ccc(I)cc3)c2)cc1OC. The molecule has 4 aromatic carbocycles. The average Bonchev–Trinajstić information content (AvgIpc) is 3.02. The van der Waals surface area contributed by atoms with Crippen LogP contribution in [-0.2, 0) is 9.59 Å². The number of benzene rings is 4. The largest absolute Gasteiger partial charge is 0.493 e. The molecule has 8 nitrogen and oxygen atoms in total. The fourth-order valence-electron chi connectivity index (χ4n) is 3.93. The molecule has 0 saturated carbocycles. The molecule has 0 aliphatic rings. The molecule has 1 unspecified atom stereocenters. The number of amides is 3. The molecule has 10 heteroatoms. The van der Waals surface area contributed by atoms with Gasteiger partial charge in [0.2, 0.25) is 5.91 Å². The van der Waals surface area contributed by atoms with E-state index < -0.39 is 17.1 Å². The number of carbonyl (C=O) groups is 3. The molecule has 0 saturated heterocycles. The van der Waals surface area contributed by atoms with Crippen molar-refractivity contribution in [1.29, 1.82) is 0 Å². The maximum absolute atomic E-state index is 13.5. The van der Waals surface area contributed by atoms with E-state index in [1.165, 1.54) is 26.0 Å². The lowest BCUT2D eigenvalue weighted by Gasteiger charge is -2.14. The van der Waals surface area contributed by atoms with Gasteiger partial charge >= 0.3 is 0 Å². The molecule has 0 spiro atoms. The number of methoxy groups -OCH3 is 2. The molecule has 4 aromatic rings. The second-order valence-corrected chi connectivity index (χ2v) is 11.9. The molecule has 0 fully saturated rings. The minimum Gasteiger partial charge on any atom is -0.493 e. The number of halogens is 1. The van der Waals surface area contributed by atoms with Crippen molar-refractivity contribution >= 4 is 69.5 Å². The highest BCUT2D eigenvalue weighted by molar-refractivity contribution is 14.1. The highest BCUT2D eigenvalue weighted by Gasteiger charge is 2.18. The molecule has 3 amide bonds. The molecule has 43 heavy (non-hydrogen) atoms. The van der Waals surface area contributed by atoms with Gasteiger partial charge in [-0.3, -0.25) is 14.4 Å². The summed E-state index contributed by atoms with van der Waals surface area (Å²) in [5.74, 6) is -0.0695. The van der Waals surface area contributed by atoms with Crippen LogP contribution in [0.4, 0.5) is 11.4 Å². The van der Waals surface area contributed by atoms with Crippen molar-refractivity contribution in [3.05, 3.63) is 117 Å². The number of ether oxygens (including phenoxy) is 2. The smallest absolute Gasteiger partial charge is 0.272 e. The molecule has 1 atom stereocenters. The number of hydrogen-bond donors (Lipinski definition) is 3. The lowest BCUT2D eigenvalue weighted by Crippen LogP contribution is -2.30. The third kappa shape index (κ3) is 9.10. The number of anilines is 2. The number of nitrogens with one attached hydrogen (secondary N) is 3. The highest BCUT2D eigenvalue weighted by Crippen LogP contribution is 2.29. The van der Waals surface area contributed by atoms with E-state index in [-0.39, 0.29) is 11.6 Å². The summed E-state index contributed by atoms with van der Waals surface area (Å²) in [5, 5.41) is 8.13. The maximum atomic E-state index is 13.5. The fraction of sp³-hybridized carbons (Fsp3) is 0.121. The van der Waals surface area contributed by atoms with Crippen LogP contribution in [0.3, 0.4) is 0 Å². The van der Waals surface area contributed by atoms with Crippen molar-refractivity contribution in [3.63, 3.8) is 0 Å². The van der Waals surface area contributed by atoms with E-state index in [1.54, 1.807) is 66.7 Å². The van der Waals surface area contributed by atoms with Gasteiger partial charge in [0.25, 0.3) is 11.8 Å². The van der Waals surface area contributed by atoms with Gasteiger partial charge in [-0.2, -0.15) is 0 Å². The van der Waals surface area contributed by atoms with Crippen molar-refractivity contribution < 1.29 is 23.9 Å². The molecule has 0 aliphatic carbocycles. The van der Waals surface area contributed by atoms with Crippen LogP contribution < -0.4 is 25.4 Å². The molecule has 4 rings (SSSR count). The lowest BCUT2D eigenvalue weighted by molar-refractivity contribution is -0.115. The normalized spacial score (nSPS) is 11.7. The number of hydrogen-bond acceptors (Lipinski definition) is 6. The summed E-state index contributed by atoms with van der Waals surface area (Å²) < 4.78 is 11.8. The molecule has 0 aromatic heterocycles. The molecule has 0 heterocycles. The van der Waals surface area contributed by atoms with E-state index in [0.717, 1.165) is 14.2 Å². The Morgan fingerprint density at radius 1 is 0.791 bits per heavy atom. The number of rotatable bonds is 11. The van der Waals surface area contributed by atoms with Gasteiger partial charge < -0.3 is 25.4 Å². The topological polar surface area (TPSA) is 106 Å². The van der Waals surface area contributed by atoms with Crippen molar-refractivity contribution in [2.75, 3.05) is 24.9 Å². The van der Waals surface area contributed by atoms with Crippen LogP contribution in [0.25, 0.3) is 6.08 Å². The van der Waals surface area contributed by atoms with Gasteiger partial charge in [-0.05, 0) is 108 Å². The summed E-state index contributed by atoms with van der Waals surface area (Å²) in [6.07, 6.45) is 1.56. The summed E-state index contributed by atoms with van der Waals surface area (Å²) in [6.45, 7) is 1.82. The van der Waals surface area contributed by atoms with Gasteiger partial charge in [-0.15, -0.1) is 11.8 Å². The monoisotopic (exact) mass is 707 g/mol. The van der Waals surface area contributed by atoms with E-state index in [2.05, 4.69) is 38.5 Å². The Morgan fingerprint density at radius 2 is 1.51 bits per heavy atom. The van der Waals surface area contributed by atoms with Gasteiger partial charge in [-0.25, -0.2) is 0 Å². The minimum atomic E-state index is -0.522. The summed E-state index contributed by atoms with van der Waals surface area (Å²) in [7, 11) is 3.06. The Labute approximate surface area is 268 Å². The second kappa shape index (κ2) is 15.3. The zero-order chi connectivity index (χ0) is 30.8. The van der Waals surface area contributed by atoms with Crippen LogP contribution in [0, 0.1) is 3.57 Å². The Bertz CT molecular complexity index is 1630. The van der Waals surface area contributed by atoms with E-state index in [4.69, 9.17) is 9.47 Å². The van der Waals surface area contributed by atoms with Crippen LogP contribution in [-0.4, -0.2) is 37.2 Å². The first kappa shape index (κ1) is 31.6. The van der Waals surface area contributed by atoms with E-state index in [9.17, 15) is 14.4 Å². The van der Waals surface area contributed by atoms with E-state index in [0.29, 0.717) is 28.3 Å². The quantitative estimate of drug-likeness (QED) is 0.0897. The molecule has 0 bridgehead atoms. The Hall–Kier alpha value is -4.29. The Morgan fingerprint density at radius 3 is 2.21 bits per heavy atom. The summed E-state index contributed by atoms with van der Waals surface area (Å²) in [4.78, 5) is 40.1. The second-order valence-electron chi connectivity index (χ2n) is 9.23. The van der Waals surface area contributed by atoms with Crippen molar-refractivity contribution in [2.24, 2.45) is 0 Å². The van der Waals surface area contributed by atoms with E-state index >= 15 is 0 Å². The zero-order valence-electron chi connectivity index (χ0n) is 23.7. The predicted octanol–water partition coefficient (Wildman–Crippen LogP) is 6.84. The van der Waals surface area contributed by atoms with Gasteiger partial charge in [-0.1, -0.05) is 30.3 Å². The maximum Gasteiger partial charge on any atom is 0.272 e. The minimum absolute atomic E-state index is 0.0318. The van der Waals surface area contributed by atoms with Gasteiger partial charge in [0, 0.05) is 25.4 Å². The van der Waals surface area contributed by atoms with Crippen molar-refractivity contribution in [2.45, 2.75) is 17.1 Å². The van der Waals surface area contributed by atoms with Gasteiger partial charge in [0.05, 0.1) is 19.5 Å². The van der Waals surface area contributed by atoms with E-state index in [1.807, 2.05) is 43.3 Å². The Kier molecular flexibility index (Phi) is 11.2. The third-order valence-corrected chi connectivity index (χ3v) is 7.95. The lowest BCUT2D eigenvalue weighted by atomic mass is 10.1. The number of thioether (sulfide) groups is 1. The average molecular weight is 708 g/mol. The first-order valence-electron chi connectivity index (χ1n) is 13.2. The molecule has 0 aliphatic heterocycles. The van der Waals surface area contributed by atoms with Gasteiger partial charge in [0.15, 0.2) is 11.5 Å². The summed E-state index contributed by atoms with van der Waals surface area (Å²) >= 11 is 3.58. The standard InChI is InChI=1S/C33H30IN3O5S/c1-21(31(38)35-25-15-13-24(34)14-16-25)43-27-11-7-10-26(20-27)36-33(40)28(37-32(39)23-8-5-4-6-9-23)18-22-12-17-29(41-2)30(19-22)42-3/h4-21H,1-3H3,(H,35,38)(H,36,40)(H,37,39)/b28-18+. The zero-order valence-corrected chi connectivity index (χ0v) is 26.7. The van der Waals surface area contributed by atoms with Gasteiger partial charge in [0.1, 0.15) is 5.70 Å². The third-order valence-electron chi connectivity index (χ3n) is 6.13. The van der Waals surface area contributed by atoms with Crippen molar-refractivity contribution in [1.82, 2.24) is 5.32 Å². The van der Waals surface area contributed by atoms with Crippen LogP contribution in [0.2, 0.25) is 0 Å². The fourth-order valence-corrected chi connectivity index (χ4v) is 5.22. The first-order chi connectivity index (χ1) is 20.7. The van der Waals surface area contributed by atoms with Crippen LogP contribution in [0.5, 0.6) is 11.5 Å². The summed E-state index contributed by atoms with van der Waals surface area (Å²) in [6, 6.07) is 28.6.